The Morgan fingerprint density at radius 2 is 1.50 bits per heavy atom. The standard InChI is InChI=1S/C20H25F2/c1-2-14-3-5-15(6-4-14)16-7-9-17(10-8-16)18-11-12-19(21)20(22)13-18/h2,11-16H,1,3-10H2. The molecule has 2 aliphatic carbocycles. The van der Waals surface area contributed by atoms with Crippen molar-refractivity contribution in [3.63, 3.8) is 0 Å². The third-order valence-corrected chi connectivity index (χ3v) is 5.78. The number of rotatable bonds is 3. The second-order valence-electron chi connectivity index (χ2n) is 6.98. The average molecular weight is 303 g/mol. The first-order valence-electron chi connectivity index (χ1n) is 8.60. The maximum absolute atomic E-state index is 13.4. The molecule has 2 fully saturated rings. The molecule has 1 aromatic rings. The van der Waals surface area contributed by atoms with Gasteiger partial charge in [-0.05, 0) is 86.8 Å². The number of hydrogen-bond donors (Lipinski definition) is 0. The molecular weight excluding hydrogens is 278 g/mol. The van der Waals surface area contributed by atoms with Gasteiger partial charge in [-0.3, -0.25) is 0 Å². The molecule has 0 N–H and O–H groups in total. The monoisotopic (exact) mass is 303 g/mol. The van der Waals surface area contributed by atoms with Crippen molar-refractivity contribution in [1.29, 1.82) is 0 Å². The first kappa shape index (κ1) is 15.7. The molecule has 0 nitrogen and oxygen atoms in total. The largest absolute Gasteiger partial charge is 0.204 e. The molecule has 0 atom stereocenters. The number of halogens is 2. The quantitative estimate of drug-likeness (QED) is 0.594. The second-order valence-corrected chi connectivity index (χ2v) is 6.98. The van der Waals surface area contributed by atoms with Gasteiger partial charge >= 0.3 is 0 Å². The molecule has 0 amide bonds. The molecule has 1 aromatic carbocycles. The fourth-order valence-corrected chi connectivity index (χ4v) is 4.32. The normalized spacial score (nSPS) is 27.7. The van der Waals surface area contributed by atoms with Crippen LogP contribution in [0.1, 0.15) is 56.9 Å². The highest BCUT2D eigenvalue weighted by atomic mass is 19.2. The topological polar surface area (TPSA) is 0 Å². The molecule has 2 saturated carbocycles. The van der Waals surface area contributed by atoms with E-state index < -0.39 is 11.6 Å². The molecule has 0 heterocycles. The number of benzene rings is 1. The maximum Gasteiger partial charge on any atom is 0.159 e. The van der Waals surface area contributed by atoms with E-state index in [-0.39, 0.29) is 0 Å². The van der Waals surface area contributed by atoms with E-state index in [1.54, 1.807) is 6.07 Å². The van der Waals surface area contributed by atoms with Crippen LogP contribution in [0.3, 0.4) is 0 Å². The molecule has 2 heteroatoms. The molecule has 0 saturated heterocycles. The van der Waals surface area contributed by atoms with Crippen molar-refractivity contribution in [2.45, 2.75) is 51.4 Å². The van der Waals surface area contributed by atoms with Crippen LogP contribution in [0.5, 0.6) is 0 Å². The summed E-state index contributed by atoms with van der Waals surface area (Å²) in [5.74, 6) is 2.23. The van der Waals surface area contributed by atoms with Crippen LogP contribution in [-0.2, 0) is 0 Å². The van der Waals surface area contributed by atoms with Gasteiger partial charge in [0.25, 0.3) is 0 Å². The Kier molecular flexibility index (Phi) is 4.95. The van der Waals surface area contributed by atoms with Crippen LogP contribution in [0, 0.1) is 35.3 Å². The second kappa shape index (κ2) is 6.93. The molecule has 3 rings (SSSR count). The van der Waals surface area contributed by atoms with Crippen LogP contribution >= 0.6 is 0 Å². The lowest BCUT2D eigenvalue weighted by atomic mass is 9.68. The van der Waals surface area contributed by atoms with Gasteiger partial charge in [0, 0.05) is 5.92 Å². The number of hydrogen-bond acceptors (Lipinski definition) is 0. The SMILES string of the molecule is C=CC1CCC(C2CC[C](c3ccc(F)c(F)c3)CC2)CC1. The Morgan fingerprint density at radius 1 is 0.864 bits per heavy atom. The maximum atomic E-state index is 13.4. The minimum absolute atomic E-state index is 0.726. The van der Waals surface area contributed by atoms with Gasteiger partial charge in [-0.15, -0.1) is 6.58 Å². The summed E-state index contributed by atoms with van der Waals surface area (Å²) in [7, 11) is 0. The van der Waals surface area contributed by atoms with E-state index in [4.69, 9.17) is 0 Å². The minimum atomic E-state index is -0.753. The van der Waals surface area contributed by atoms with Crippen molar-refractivity contribution in [3.8, 4) is 0 Å². The molecule has 0 spiro atoms. The lowest BCUT2D eigenvalue weighted by Gasteiger charge is -2.37. The molecule has 22 heavy (non-hydrogen) atoms. The Hall–Kier alpha value is -1.18. The van der Waals surface area contributed by atoms with E-state index in [9.17, 15) is 8.78 Å². The average Bonchev–Trinajstić information content (AvgIpc) is 2.58. The van der Waals surface area contributed by atoms with Crippen molar-refractivity contribution in [1.82, 2.24) is 0 Å². The smallest absolute Gasteiger partial charge is 0.159 e. The van der Waals surface area contributed by atoms with Crippen LogP contribution in [0.15, 0.2) is 30.9 Å². The Balaban J connectivity index is 1.54. The van der Waals surface area contributed by atoms with Gasteiger partial charge in [-0.2, -0.15) is 0 Å². The third-order valence-electron chi connectivity index (χ3n) is 5.78. The molecule has 0 aromatic heterocycles. The zero-order chi connectivity index (χ0) is 15.5. The molecule has 0 unspecified atom stereocenters. The Bertz CT molecular complexity index is 506. The van der Waals surface area contributed by atoms with Gasteiger partial charge in [0.15, 0.2) is 11.6 Å². The predicted octanol–water partition coefficient (Wildman–Crippen LogP) is 6.07. The van der Waals surface area contributed by atoms with Crippen molar-refractivity contribution in [3.05, 3.63) is 54.0 Å². The summed E-state index contributed by atoms with van der Waals surface area (Å²) in [6, 6.07) is 4.34. The van der Waals surface area contributed by atoms with E-state index in [0.717, 1.165) is 36.2 Å². The van der Waals surface area contributed by atoms with Crippen LogP contribution in [0.4, 0.5) is 8.78 Å². The highest BCUT2D eigenvalue weighted by Crippen LogP contribution is 2.43. The summed E-state index contributed by atoms with van der Waals surface area (Å²) >= 11 is 0. The molecule has 0 aliphatic heterocycles. The zero-order valence-electron chi connectivity index (χ0n) is 13.2. The van der Waals surface area contributed by atoms with Gasteiger partial charge in [0.2, 0.25) is 0 Å². The van der Waals surface area contributed by atoms with Gasteiger partial charge in [0.05, 0.1) is 0 Å². The van der Waals surface area contributed by atoms with Crippen LogP contribution in [0.25, 0.3) is 0 Å². The van der Waals surface area contributed by atoms with Crippen LogP contribution in [0.2, 0.25) is 0 Å². The van der Waals surface area contributed by atoms with E-state index in [2.05, 4.69) is 12.7 Å². The van der Waals surface area contributed by atoms with E-state index in [1.165, 1.54) is 56.6 Å². The Labute approximate surface area is 132 Å². The fourth-order valence-electron chi connectivity index (χ4n) is 4.32. The highest BCUT2D eigenvalue weighted by Gasteiger charge is 2.31. The lowest BCUT2D eigenvalue weighted by Crippen LogP contribution is -2.25. The lowest BCUT2D eigenvalue weighted by molar-refractivity contribution is 0.188. The fraction of sp³-hybridized carbons (Fsp3) is 0.550. The minimum Gasteiger partial charge on any atom is -0.204 e. The molecule has 119 valence electrons. The molecule has 0 bridgehead atoms. The predicted molar refractivity (Wildman–Crippen MR) is 86.3 cm³/mol. The molecule has 2 aliphatic rings. The Morgan fingerprint density at radius 3 is 2.09 bits per heavy atom. The van der Waals surface area contributed by atoms with Gasteiger partial charge in [0.1, 0.15) is 0 Å². The van der Waals surface area contributed by atoms with Gasteiger partial charge in [-0.1, -0.05) is 12.1 Å². The van der Waals surface area contributed by atoms with Crippen LogP contribution < -0.4 is 0 Å². The van der Waals surface area contributed by atoms with E-state index in [1.807, 2.05) is 0 Å². The van der Waals surface area contributed by atoms with Crippen molar-refractivity contribution >= 4 is 0 Å². The van der Waals surface area contributed by atoms with E-state index >= 15 is 0 Å². The zero-order valence-corrected chi connectivity index (χ0v) is 13.2. The van der Waals surface area contributed by atoms with Crippen molar-refractivity contribution < 1.29 is 8.78 Å². The summed E-state index contributed by atoms with van der Waals surface area (Å²) in [6.07, 6.45) is 11.9. The van der Waals surface area contributed by atoms with Crippen molar-refractivity contribution in [2.24, 2.45) is 17.8 Å². The summed E-state index contributed by atoms with van der Waals surface area (Å²) in [4.78, 5) is 0. The van der Waals surface area contributed by atoms with Gasteiger partial charge < -0.3 is 0 Å². The first-order valence-corrected chi connectivity index (χ1v) is 8.60. The molecular formula is C20H25F2. The summed E-state index contributed by atoms with van der Waals surface area (Å²) in [5.41, 5.74) is 0.896. The summed E-state index contributed by atoms with van der Waals surface area (Å²) < 4.78 is 26.4. The van der Waals surface area contributed by atoms with Gasteiger partial charge in [-0.25, -0.2) is 8.78 Å². The summed E-state index contributed by atoms with van der Waals surface area (Å²) in [6.45, 7) is 3.92. The molecule has 1 radical (unpaired) electrons. The first-order chi connectivity index (χ1) is 10.7. The van der Waals surface area contributed by atoms with Crippen molar-refractivity contribution in [2.75, 3.05) is 0 Å². The highest BCUT2D eigenvalue weighted by molar-refractivity contribution is 5.32. The summed E-state index contributed by atoms with van der Waals surface area (Å²) in [5, 5.41) is 0. The van der Waals surface area contributed by atoms with Crippen LogP contribution in [-0.4, -0.2) is 0 Å². The number of allylic oxidation sites excluding steroid dienone is 1. The third kappa shape index (κ3) is 3.42. The van der Waals surface area contributed by atoms with E-state index in [0.29, 0.717) is 0 Å².